The van der Waals surface area contributed by atoms with Crippen LogP contribution in [0.25, 0.3) is 0 Å². The number of hydrogen-bond donors (Lipinski definition) is 1. The van der Waals surface area contributed by atoms with Crippen molar-refractivity contribution < 1.29 is 4.79 Å². The zero-order chi connectivity index (χ0) is 13.8. The zero-order valence-electron chi connectivity index (χ0n) is 9.85. The van der Waals surface area contributed by atoms with Crippen LogP contribution in [0.3, 0.4) is 0 Å². The number of pyridine rings is 1. The summed E-state index contributed by atoms with van der Waals surface area (Å²) in [6.45, 7) is 1.84. The lowest BCUT2D eigenvalue weighted by Crippen LogP contribution is -2.19. The zero-order valence-corrected chi connectivity index (χ0v) is 13.8. The van der Waals surface area contributed by atoms with E-state index in [-0.39, 0.29) is 5.91 Å². The van der Waals surface area contributed by atoms with Crippen LogP contribution in [0, 0.1) is 0 Å². The van der Waals surface area contributed by atoms with E-state index in [1.807, 2.05) is 19.1 Å². The number of carbonyl (C=O) groups is 1. The third-order valence-electron chi connectivity index (χ3n) is 2.22. The lowest BCUT2D eigenvalue weighted by molar-refractivity contribution is 0.0954. The molecular weight excluding hydrogens is 394 g/mol. The first-order valence-corrected chi connectivity index (χ1v) is 7.67. The molecule has 1 amide bonds. The van der Waals surface area contributed by atoms with Crippen molar-refractivity contribution in [3.63, 3.8) is 0 Å². The van der Waals surface area contributed by atoms with Crippen LogP contribution >= 0.6 is 43.2 Å². The predicted octanol–water partition coefficient (Wildman–Crippen LogP) is 3.82. The van der Waals surface area contributed by atoms with Crippen molar-refractivity contribution in [1.29, 1.82) is 0 Å². The lowest BCUT2D eigenvalue weighted by atomic mass is 10.3. The number of amides is 1. The summed E-state index contributed by atoms with van der Waals surface area (Å²) in [5.74, 6) is -0.288. The first kappa shape index (κ1) is 14.4. The molecule has 2 rings (SSSR count). The first-order chi connectivity index (χ1) is 9.06. The number of thiophene rings is 1. The van der Waals surface area contributed by atoms with Crippen LogP contribution in [0.2, 0.25) is 0 Å². The largest absolute Gasteiger partial charge is 0.272 e. The molecule has 2 heterocycles. The van der Waals surface area contributed by atoms with Gasteiger partial charge in [-0.1, -0.05) is 0 Å². The maximum atomic E-state index is 11.9. The summed E-state index contributed by atoms with van der Waals surface area (Å²) < 4.78 is 1.78. The van der Waals surface area contributed by atoms with Crippen molar-refractivity contribution in [2.75, 3.05) is 0 Å². The third kappa shape index (κ3) is 3.95. The molecule has 0 spiro atoms. The molecule has 0 aliphatic carbocycles. The molecule has 0 bridgehead atoms. The topological polar surface area (TPSA) is 54.4 Å². The quantitative estimate of drug-likeness (QED) is 0.626. The number of nitrogens with zero attached hydrogens (tertiary/aromatic N) is 2. The van der Waals surface area contributed by atoms with Gasteiger partial charge in [0.05, 0.1) is 19.9 Å². The van der Waals surface area contributed by atoms with Gasteiger partial charge < -0.3 is 0 Å². The fourth-order valence-corrected chi connectivity index (χ4v) is 2.99. The van der Waals surface area contributed by atoms with E-state index in [1.165, 1.54) is 6.20 Å². The molecule has 0 fully saturated rings. The second-order valence-electron chi connectivity index (χ2n) is 3.63. The molecule has 19 heavy (non-hydrogen) atoms. The number of halogens is 2. The summed E-state index contributed by atoms with van der Waals surface area (Å²) in [5.41, 5.74) is 3.73. The Hall–Kier alpha value is -1.05. The van der Waals surface area contributed by atoms with Crippen molar-refractivity contribution >= 4 is 54.8 Å². The van der Waals surface area contributed by atoms with Crippen LogP contribution in [0.1, 0.15) is 22.2 Å². The number of carbonyl (C=O) groups excluding carboxylic acids is 1. The van der Waals surface area contributed by atoms with Crippen LogP contribution in [-0.2, 0) is 0 Å². The van der Waals surface area contributed by atoms with Crippen LogP contribution in [0.15, 0.2) is 44.0 Å². The van der Waals surface area contributed by atoms with Gasteiger partial charge in [0, 0.05) is 16.9 Å². The molecular formula is C12H9Br2N3OS. The minimum absolute atomic E-state index is 0.288. The summed E-state index contributed by atoms with van der Waals surface area (Å²) in [6.07, 6.45) is 3.11. The second kappa shape index (κ2) is 6.40. The fraction of sp³-hybridized carbons (Fsp3) is 0.0833. The van der Waals surface area contributed by atoms with Gasteiger partial charge in [0.2, 0.25) is 0 Å². The molecule has 2 aromatic rings. The molecule has 4 nitrogen and oxygen atoms in total. The molecule has 1 N–H and O–H groups in total. The highest BCUT2D eigenvalue weighted by molar-refractivity contribution is 9.11. The summed E-state index contributed by atoms with van der Waals surface area (Å²) >= 11 is 8.22. The van der Waals surface area contributed by atoms with Crippen molar-refractivity contribution in [3.05, 3.63) is 49.3 Å². The lowest BCUT2D eigenvalue weighted by Gasteiger charge is -2.01. The molecule has 0 unspecified atom stereocenters. The van der Waals surface area contributed by atoms with Crippen LogP contribution in [0.5, 0.6) is 0 Å². The highest BCUT2D eigenvalue weighted by atomic mass is 79.9. The smallest absolute Gasteiger partial charge is 0.267 e. The fourth-order valence-electron chi connectivity index (χ4n) is 1.30. The average Bonchev–Trinajstić information content (AvgIpc) is 2.82. The molecule has 0 aliphatic rings. The van der Waals surface area contributed by atoms with Crippen LogP contribution < -0.4 is 5.43 Å². The number of hydrazone groups is 1. The summed E-state index contributed by atoms with van der Waals surface area (Å²) in [7, 11) is 0. The highest BCUT2D eigenvalue weighted by Gasteiger charge is 2.06. The van der Waals surface area contributed by atoms with E-state index < -0.39 is 0 Å². The molecule has 0 aliphatic heterocycles. The summed E-state index contributed by atoms with van der Waals surface area (Å²) in [4.78, 5) is 16.8. The second-order valence-corrected chi connectivity index (χ2v) is 7.01. The maximum Gasteiger partial charge on any atom is 0.272 e. The van der Waals surface area contributed by atoms with E-state index in [9.17, 15) is 4.79 Å². The molecule has 0 saturated carbocycles. The van der Waals surface area contributed by atoms with Crippen molar-refractivity contribution in [2.45, 2.75) is 6.92 Å². The van der Waals surface area contributed by atoms with E-state index >= 15 is 0 Å². The highest BCUT2D eigenvalue weighted by Crippen LogP contribution is 2.22. The van der Waals surface area contributed by atoms with Gasteiger partial charge in [-0.25, -0.2) is 5.43 Å². The molecule has 0 saturated heterocycles. The van der Waals surface area contributed by atoms with Gasteiger partial charge in [0.25, 0.3) is 5.91 Å². The van der Waals surface area contributed by atoms with E-state index in [0.29, 0.717) is 5.56 Å². The van der Waals surface area contributed by atoms with Gasteiger partial charge in [-0.2, -0.15) is 5.10 Å². The van der Waals surface area contributed by atoms with Crippen molar-refractivity contribution in [3.8, 4) is 0 Å². The Bertz CT molecular complexity index is 639. The van der Waals surface area contributed by atoms with Crippen LogP contribution in [0.4, 0.5) is 0 Å². The normalized spacial score (nSPS) is 11.4. The number of rotatable bonds is 3. The predicted molar refractivity (Wildman–Crippen MR) is 83.6 cm³/mol. The Labute approximate surface area is 131 Å². The minimum Gasteiger partial charge on any atom is -0.267 e. The Kier molecular flexibility index (Phi) is 4.84. The van der Waals surface area contributed by atoms with Gasteiger partial charge in [-0.05, 0) is 57.0 Å². The van der Waals surface area contributed by atoms with Crippen LogP contribution in [-0.4, -0.2) is 16.6 Å². The number of aromatic nitrogens is 1. The Morgan fingerprint density at radius 2 is 2.16 bits per heavy atom. The Balaban J connectivity index is 2.07. The summed E-state index contributed by atoms with van der Waals surface area (Å²) in [5, 5.41) is 4.08. The van der Waals surface area contributed by atoms with E-state index in [2.05, 4.69) is 47.4 Å². The van der Waals surface area contributed by atoms with Gasteiger partial charge in [0.15, 0.2) is 0 Å². The maximum absolute atomic E-state index is 11.9. The van der Waals surface area contributed by atoms with Crippen molar-refractivity contribution in [1.82, 2.24) is 10.4 Å². The van der Waals surface area contributed by atoms with Gasteiger partial charge in [-0.3, -0.25) is 9.78 Å². The average molecular weight is 403 g/mol. The Morgan fingerprint density at radius 3 is 2.79 bits per heavy atom. The number of hydrogen-bond acceptors (Lipinski definition) is 4. The van der Waals surface area contributed by atoms with Gasteiger partial charge in [-0.15, -0.1) is 11.3 Å². The van der Waals surface area contributed by atoms with Crippen molar-refractivity contribution in [2.24, 2.45) is 5.10 Å². The first-order valence-electron chi connectivity index (χ1n) is 5.27. The standard InChI is InChI=1S/C12H9Br2N3OS/c1-7(10-2-3-11(14)19-10)16-17-12(18)8-4-9(13)6-15-5-8/h2-6H,1H3,(H,17,18). The molecule has 0 atom stereocenters. The molecule has 0 radical (unpaired) electrons. The third-order valence-corrected chi connectivity index (χ3v) is 4.39. The minimum atomic E-state index is -0.288. The monoisotopic (exact) mass is 401 g/mol. The SMILES string of the molecule is CC(=NNC(=O)c1cncc(Br)c1)c1ccc(Br)s1. The van der Waals surface area contributed by atoms with E-state index in [1.54, 1.807) is 23.6 Å². The molecule has 2 aromatic heterocycles. The number of nitrogens with one attached hydrogen (secondary N) is 1. The van der Waals surface area contributed by atoms with E-state index in [4.69, 9.17) is 0 Å². The summed E-state index contributed by atoms with van der Waals surface area (Å²) in [6, 6.07) is 5.58. The molecule has 7 heteroatoms. The van der Waals surface area contributed by atoms with Gasteiger partial charge >= 0.3 is 0 Å². The molecule has 98 valence electrons. The van der Waals surface area contributed by atoms with Gasteiger partial charge in [0.1, 0.15) is 0 Å². The molecule has 0 aromatic carbocycles. The Morgan fingerprint density at radius 1 is 1.37 bits per heavy atom. The van der Waals surface area contributed by atoms with E-state index in [0.717, 1.165) is 18.8 Å².